The van der Waals surface area contributed by atoms with Crippen LogP contribution < -0.4 is 5.73 Å². The molecule has 5 rings (SSSR count). The average Bonchev–Trinajstić information content (AvgIpc) is 3.42. The largest absolute Gasteiger partial charge is 0.399 e. The van der Waals surface area contributed by atoms with Gasteiger partial charge in [0, 0.05) is 21.7 Å². The van der Waals surface area contributed by atoms with Gasteiger partial charge in [-0.05, 0) is 81.1 Å². The summed E-state index contributed by atoms with van der Waals surface area (Å²) >= 11 is 3.43. The number of nitrogen functional groups attached to an aromatic ring is 1. The van der Waals surface area contributed by atoms with Crippen LogP contribution >= 0.6 is 22.7 Å². The molecule has 0 fully saturated rings. The molecular weight excluding hydrogens is 368 g/mol. The number of nitrogens with two attached hydrogens (primary N) is 1. The lowest BCUT2D eigenvalue weighted by molar-refractivity contribution is 1.52. The summed E-state index contributed by atoms with van der Waals surface area (Å²) in [5, 5.41) is 4.16. The van der Waals surface area contributed by atoms with E-state index in [1.807, 2.05) is 18.3 Å². The summed E-state index contributed by atoms with van der Waals surface area (Å²) in [6.07, 6.45) is 4.18. The highest BCUT2D eigenvalue weighted by Gasteiger charge is 2.24. The van der Waals surface area contributed by atoms with Gasteiger partial charge in [-0.1, -0.05) is 24.3 Å². The van der Waals surface area contributed by atoms with Crippen molar-refractivity contribution in [3.8, 4) is 11.1 Å². The molecule has 2 heterocycles. The van der Waals surface area contributed by atoms with Crippen LogP contribution in [0.4, 0.5) is 11.4 Å². The number of hydrogen-bond donors (Lipinski definition) is 1. The molecule has 0 saturated carbocycles. The Morgan fingerprint density at radius 3 is 2.19 bits per heavy atom. The predicted octanol–water partition coefficient (Wildman–Crippen LogP) is 6.71. The summed E-state index contributed by atoms with van der Waals surface area (Å²) in [6.45, 7) is 0. The Balaban J connectivity index is 1.64. The van der Waals surface area contributed by atoms with Crippen LogP contribution in [0, 0.1) is 0 Å². The van der Waals surface area contributed by atoms with Gasteiger partial charge in [-0.15, -0.1) is 22.7 Å². The predicted molar refractivity (Wildman–Crippen MR) is 119 cm³/mol. The van der Waals surface area contributed by atoms with E-state index in [4.69, 9.17) is 5.73 Å². The van der Waals surface area contributed by atoms with Gasteiger partial charge in [0.1, 0.15) is 0 Å². The van der Waals surface area contributed by atoms with Gasteiger partial charge in [-0.2, -0.15) is 0 Å². The third-order valence-corrected chi connectivity index (χ3v) is 6.26. The fraction of sp³-hybridized carbons (Fsp3) is 0. The normalized spacial score (nSPS) is 14.0. The van der Waals surface area contributed by atoms with Crippen LogP contribution in [0.5, 0.6) is 0 Å². The van der Waals surface area contributed by atoms with Gasteiger partial charge < -0.3 is 5.73 Å². The van der Waals surface area contributed by atoms with Gasteiger partial charge in [0.2, 0.25) is 0 Å². The van der Waals surface area contributed by atoms with Crippen molar-refractivity contribution >= 4 is 51.9 Å². The third-order valence-electron chi connectivity index (χ3n) is 4.63. The molecule has 0 radical (unpaired) electrons. The fourth-order valence-corrected chi connectivity index (χ4v) is 4.65. The van der Waals surface area contributed by atoms with Crippen LogP contribution in [0.2, 0.25) is 0 Å². The topological polar surface area (TPSA) is 38.4 Å². The maximum Gasteiger partial charge on any atom is 0.0636 e. The Morgan fingerprint density at radius 2 is 1.44 bits per heavy atom. The van der Waals surface area contributed by atoms with Crippen molar-refractivity contribution < 1.29 is 0 Å². The van der Waals surface area contributed by atoms with Crippen molar-refractivity contribution in [1.29, 1.82) is 0 Å². The smallest absolute Gasteiger partial charge is 0.0636 e. The molecule has 0 spiro atoms. The molecule has 1 aliphatic carbocycles. The highest BCUT2D eigenvalue weighted by molar-refractivity contribution is 7.11. The molecule has 0 bridgehead atoms. The van der Waals surface area contributed by atoms with E-state index in [0.29, 0.717) is 0 Å². The van der Waals surface area contributed by atoms with Gasteiger partial charge in [-0.3, -0.25) is 4.99 Å². The number of benzene rings is 2. The number of aliphatic imine (C=N–C) groups is 1. The molecule has 0 amide bonds. The summed E-state index contributed by atoms with van der Waals surface area (Å²) in [5.74, 6) is 0. The van der Waals surface area contributed by atoms with Crippen LogP contribution in [0.3, 0.4) is 0 Å². The van der Waals surface area contributed by atoms with E-state index in [-0.39, 0.29) is 0 Å². The second kappa shape index (κ2) is 6.65. The lowest BCUT2D eigenvalue weighted by Crippen LogP contribution is -1.87. The first-order chi connectivity index (χ1) is 13.3. The van der Waals surface area contributed by atoms with E-state index in [1.165, 1.54) is 32.7 Å². The number of nitrogens with zero attached hydrogens (tertiary/aromatic N) is 1. The maximum absolute atomic E-state index is 6.09. The van der Waals surface area contributed by atoms with Crippen molar-refractivity contribution in [3.63, 3.8) is 0 Å². The van der Waals surface area contributed by atoms with Crippen LogP contribution in [-0.4, -0.2) is 6.21 Å². The highest BCUT2D eigenvalue weighted by atomic mass is 32.1. The SMILES string of the molecule is Nc1ccc2c(c1)/C(=C\c1cccs1)c1cc(N=Cc3cccs3)ccc1-2. The zero-order chi connectivity index (χ0) is 18.2. The molecule has 2 aromatic carbocycles. The molecule has 4 heteroatoms. The second-order valence-corrected chi connectivity index (χ2v) is 8.34. The van der Waals surface area contributed by atoms with Gasteiger partial charge in [0.25, 0.3) is 0 Å². The molecule has 0 aliphatic heterocycles. The highest BCUT2D eigenvalue weighted by Crippen LogP contribution is 2.47. The Bertz CT molecular complexity index is 1170. The number of anilines is 1. The van der Waals surface area contributed by atoms with Gasteiger partial charge in [-0.25, -0.2) is 0 Å². The van der Waals surface area contributed by atoms with E-state index >= 15 is 0 Å². The summed E-state index contributed by atoms with van der Waals surface area (Å²) in [6, 6.07) is 20.9. The standard InChI is InChI=1S/C23H16N2S2/c24-15-5-7-19-20-8-6-16(25-14-18-4-2-10-27-18)12-22(20)23(21(19)11-15)13-17-3-1-9-26-17/h1-14H,24H2/b23-13+,25-14?. The molecule has 2 N–H and O–H groups in total. The van der Waals surface area contributed by atoms with Crippen LogP contribution in [0.25, 0.3) is 22.8 Å². The molecule has 1 aliphatic rings. The van der Waals surface area contributed by atoms with E-state index < -0.39 is 0 Å². The van der Waals surface area contributed by atoms with E-state index in [9.17, 15) is 0 Å². The molecule has 0 atom stereocenters. The second-order valence-electron chi connectivity index (χ2n) is 6.38. The number of hydrogen-bond acceptors (Lipinski definition) is 4. The molecule has 0 unspecified atom stereocenters. The first kappa shape index (κ1) is 16.2. The molecular formula is C23H16N2S2. The minimum absolute atomic E-state index is 0.787. The lowest BCUT2D eigenvalue weighted by atomic mass is 10.0. The van der Waals surface area contributed by atoms with Gasteiger partial charge in [0.15, 0.2) is 0 Å². The summed E-state index contributed by atoms with van der Waals surface area (Å²) in [5.41, 5.74) is 13.9. The van der Waals surface area contributed by atoms with Crippen molar-refractivity contribution in [2.75, 3.05) is 5.73 Å². The van der Waals surface area contributed by atoms with Crippen molar-refractivity contribution in [3.05, 3.63) is 92.3 Å². The Hall–Kier alpha value is -2.95. The molecule has 4 aromatic rings. The molecule has 130 valence electrons. The maximum atomic E-state index is 6.09. The third kappa shape index (κ3) is 3.03. The van der Waals surface area contributed by atoms with E-state index in [2.05, 4.69) is 70.4 Å². The van der Waals surface area contributed by atoms with Crippen LogP contribution in [0.15, 0.2) is 76.4 Å². The van der Waals surface area contributed by atoms with Gasteiger partial charge >= 0.3 is 0 Å². The molecule has 2 nitrogen and oxygen atoms in total. The van der Waals surface area contributed by atoms with Crippen LogP contribution in [0.1, 0.15) is 20.9 Å². The minimum Gasteiger partial charge on any atom is -0.399 e. The lowest BCUT2D eigenvalue weighted by Gasteiger charge is -2.04. The van der Waals surface area contributed by atoms with E-state index in [1.54, 1.807) is 22.7 Å². The quantitative estimate of drug-likeness (QED) is 0.272. The number of rotatable bonds is 3. The number of fused-ring (bicyclic) bond motifs is 3. The zero-order valence-electron chi connectivity index (χ0n) is 14.4. The van der Waals surface area contributed by atoms with Gasteiger partial charge in [0.05, 0.1) is 5.69 Å². The summed E-state index contributed by atoms with van der Waals surface area (Å²) in [4.78, 5) is 7.06. The average molecular weight is 385 g/mol. The zero-order valence-corrected chi connectivity index (χ0v) is 16.1. The molecule has 0 saturated heterocycles. The van der Waals surface area contributed by atoms with Crippen molar-refractivity contribution in [2.45, 2.75) is 0 Å². The Morgan fingerprint density at radius 1 is 0.741 bits per heavy atom. The first-order valence-electron chi connectivity index (χ1n) is 8.65. The summed E-state index contributed by atoms with van der Waals surface area (Å²) < 4.78 is 0. The minimum atomic E-state index is 0.787. The number of thiophene rings is 2. The monoisotopic (exact) mass is 384 g/mol. The van der Waals surface area contributed by atoms with E-state index in [0.717, 1.165) is 16.3 Å². The first-order valence-corrected chi connectivity index (χ1v) is 10.4. The van der Waals surface area contributed by atoms with Crippen molar-refractivity contribution in [2.24, 2.45) is 4.99 Å². The molecule has 2 aromatic heterocycles. The Labute approximate surface area is 166 Å². The fourth-order valence-electron chi connectivity index (χ4n) is 3.41. The van der Waals surface area contributed by atoms with Crippen LogP contribution in [-0.2, 0) is 0 Å². The van der Waals surface area contributed by atoms with Crippen molar-refractivity contribution in [1.82, 2.24) is 0 Å². The molecule has 27 heavy (non-hydrogen) atoms. The Kier molecular flexibility index (Phi) is 4.00. The summed E-state index contributed by atoms with van der Waals surface area (Å²) in [7, 11) is 0.